The van der Waals surface area contributed by atoms with Crippen molar-refractivity contribution in [1.29, 1.82) is 0 Å². The van der Waals surface area contributed by atoms with Crippen molar-refractivity contribution < 1.29 is 0 Å². The maximum absolute atomic E-state index is 4.76. The zero-order valence-electron chi connectivity index (χ0n) is 21.5. The molecule has 0 aliphatic carbocycles. The van der Waals surface area contributed by atoms with Gasteiger partial charge in [0.25, 0.3) is 0 Å². The minimum Gasteiger partial charge on any atom is -0.403 e. The summed E-state index contributed by atoms with van der Waals surface area (Å²) in [5.41, 5.74) is 13.7. The van der Waals surface area contributed by atoms with E-state index in [9.17, 15) is 0 Å². The van der Waals surface area contributed by atoms with Crippen LogP contribution in [-0.2, 0) is 0 Å². The summed E-state index contributed by atoms with van der Waals surface area (Å²) in [6, 6.07) is 44.8. The second-order valence-corrected chi connectivity index (χ2v) is 11.0. The molecule has 8 rings (SSSR count). The summed E-state index contributed by atoms with van der Waals surface area (Å²) in [6.07, 6.45) is 0. The molecule has 3 heterocycles. The lowest BCUT2D eigenvalue weighted by atomic mass is 9.43. The van der Waals surface area contributed by atoms with Gasteiger partial charge in [0.15, 0.2) is 0 Å². The van der Waals surface area contributed by atoms with E-state index in [0.717, 1.165) is 13.1 Å². The van der Waals surface area contributed by atoms with Crippen LogP contribution in [0.2, 0.25) is 0 Å². The SMILES string of the molecule is ClCCl.c1ccc(B2c3ccccc3-c3ccc4c5c3N2CCN5B(c2ccccc2)c2ccccc2-4)cc1. The minimum absolute atomic E-state index is 0.194. The van der Waals surface area contributed by atoms with Crippen molar-refractivity contribution in [1.82, 2.24) is 0 Å². The van der Waals surface area contributed by atoms with Gasteiger partial charge in [-0.25, -0.2) is 0 Å². The molecule has 0 saturated carbocycles. The van der Waals surface area contributed by atoms with Gasteiger partial charge in [0.05, 0.1) is 16.7 Å². The van der Waals surface area contributed by atoms with Gasteiger partial charge in [-0.2, -0.15) is 0 Å². The molecule has 5 aromatic carbocycles. The van der Waals surface area contributed by atoms with Crippen molar-refractivity contribution >= 4 is 70.1 Å². The molecule has 39 heavy (non-hydrogen) atoms. The van der Waals surface area contributed by atoms with Gasteiger partial charge in [-0.3, -0.25) is 0 Å². The van der Waals surface area contributed by atoms with E-state index in [1.54, 1.807) is 0 Å². The monoisotopic (exact) mass is 542 g/mol. The average molecular weight is 543 g/mol. The van der Waals surface area contributed by atoms with Gasteiger partial charge in [-0.05, 0) is 22.1 Å². The topological polar surface area (TPSA) is 6.48 Å². The first-order chi connectivity index (χ1) is 19.3. The zero-order chi connectivity index (χ0) is 26.3. The molecule has 6 heteroatoms. The highest BCUT2D eigenvalue weighted by atomic mass is 35.5. The number of benzene rings is 5. The molecule has 0 spiro atoms. The summed E-state index contributed by atoms with van der Waals surface area (Å²) in [7, 11) is 0. The van der Waals surface area contributed by atoms with Gasteiger partial charge < -0.3 is 9.62 Å². The lowest BCUT2D eigenvalue weighted by molar-refractivity contribution is 0.901. The molecule has 0 unspecified atom stereocenters. The third kappa shape index (κ3) is 3.89. The second kappa shape index (κ2) is 10.2. The van der Waals surface area contributed by atoms with Crippen LogP contribution >= 0.6 is 23.2 Å². The first kappa shape index (κ1) is 24.5. The van der Waals surface area contributed by atoms with Crippen LogP contribution in [0.15, 0.2) is 121 Å². The highest BCUT2D eigenvalue weighted by Crippen LogP contribution is 2.50. The Morgan fingerprint density at radius 3 is 1.23 bits per heavy atom. The maximum atomic E-state index is 4.76. The molecular weight excluding hydrogens is 517 g/mol. The fraction of sp³-hybridized carbons (Fsp3) is 0.0909. The number of hydrogen-bond acceptors (Lipinski definition) is 2. The van der Waals surface area contributed by atoms with E-state index in [2.05, 4.69) is 131 Å². The molecule has 0 atom stereocenters. The van der Waals surface area contributed by atoms with Crippen LogP contribution < -0.4 is 31.5 Å². The highest BCUT2D eigenvalue weighted by molar-refractivity contribution is 6.92. The summed E-state index contributed by atoms with van der Waals surface area (Å²) in [4.78, 5) is 5.36. The van der Waals surface area contributed by atoms with Crippen molar-refractivity contribution in [3.63, 3.8) is 0 Å². The van der Waals surface area contributed by atoms with Crippen molar-refractivity contribution in [2.24, 2.45) is 0 Å². The van der Waals surface area contributed by atoms with Crippen molar-refractivity contribution in [2.45, 2.75) is 0 Å². The molecule has 0 fully saturated rings. The summed E-state index contributed by atoms with van der Waals surface area (Å²) in [5, 5.41) is 0.194. The quantitative estimate of drug-likeness (QED) is 0.220. The summed E-state index contributed by atoms with van der Waals surface area (Å²) >= 11 is 9.53. The average Bonchev–Trinajstić information content (AvgIpc) is 3.00. The standard InChI is InChI=1S/C32H24B2N2.CH2Cl2/c1-3-11-23(12-4-1)33-29-17-9-7-15-25(29)27-19-20-28-26-16-8-10-18-30(26)34(24-13-5-2-6-14-24)36-22-21-35(33)31(27)32(28)36;2-1-3/h1-20H,21-22H2;1H2. The number of fused-ring (bicyclic) bond motifs is 4. The number of nitrogens with zero attached hydrogens (tertiary/aromatic N) is 2. The van der Waals surface area contributed by atoms with Crippen LogP contribution in [0.1, 0.15) is 0 Å². The third-order valence-corrected chi connectivity index (χ3v) is 8.25. The molecule has 0 aromatic heterocycles. The van der Waals surface area contributed by atoms with Crippen LogP contribution in [0.25, 0.3) is 22.3 Å². The summed E-state index contributed by atoms with van der Waals surface area (Å²) < 4.78 is 0. The Morgan fingerprint density at radius 2 is 0.821 bits per heavy atom. The smallest absolute Gasteiger partial charge is 0.324 e. The Hall–Kier alpha value is -3.59. The molecule has 0 N–H and O–H groups in total. The van der Waals surface area contributed by atoms with E-state index in [-0.39, 0.29) is 19.0 Å². The Balaban J connectivity index is 0.000000809. The number of alkyl halides is 2. The molecule has 0 bridgehead atoms. The van der Waals surface area contributed by atoms with E-state index in [1.165, 1.54) is 55.5 Å². The second-order valence-electron chi connectivity index (χ2n) is 10.1. The molecule has 188 valence electrons. The Morgan fingerprint density at radius 1 is 0.462 bits per heavy atom. The minimum atomic E-state index is 0.194. The first-order valence-electron chi connectivity index (χ1n) is 13.4. The first-order valence-corrected chi connectivity index (χ1v) is 14.5. The maximum Gasteiger partial charge on any atom is 0.324 e. The summed E-state index contributed by atoms with van der Waals surface area (Å²) in [6.45, 7) is 2.41. The van der Waals surface area contributed by atoms with E-state index < -0.39 is 0 Å². The molecule has 5 aromatic rings. The molecule has 3 aliphatic heterocycles. The number of hydrogen-bond donors (Lipinski definition) is 0. The fourth-order valence-corrected chi connectivity index (χ4v) is 6.84. The lowest BCUT2D eigenvalue weighted by Gasteiger charge is -2.50. The highest BCUT2D eigenvalue weighted by Gasteiger charge is 2.45. The third-order valence-electron chi connectivity index (χ3n) is 8.25. The fourth-order valence-electron chi connectivity index (χ4n) is 6.84. The molecule has 0 amide bonds. The van der Waals surface area contributed by atoms with Gasteiger partial charge in [-0.1, -0.05) is 132 Å². The molecule has 0 saturated heterocycles. The van der Waals surface area contributed by atoms with Gasteiger partial charge in [-0.15, -0.1) is 23.2 Å². The van der Waals surface area contributed by atoms with Crippen molar-refractivity contribution in [2.75, 3.05) is 28.1 Å². The number of halogens is 2. The Kier molecular flexibility index (Phi) is 6.39. The molecule has 0 radical (unpaired) electrons. The van der Waals surface area contributed by atoms with Crippen molar-refractivity contribution in [3.05, 3.63) is 121 Å². The normalized spacial score (nSPS) is 14.1. The number of rotatable bonds is 2. The Labute approximate surface area is 241 Å². The van der Waals surface area contributed by atoms with E-state index in [4.69, 9.17) is 23.2 Å². The van der Waals surface area contributed by atoms with Gasteiger partial charge in [0, 0.05) is 24.2 Å². The molecular formula is C33H26B2Cl2N2. The van der Waals surface area contributed by atoms with Crippen LogP contribution in [0, 0.1) is 0 Å². The summed E-state index contributed by atoms with van der Waals surface area (Å²) in [5.74, 6) is 0. The molecule has 2 nitrogen and oxygen atoms in total. The van der Waals surface area contributed by atoms with Gasteiger partial charge >= 0.3 is 13.7 Å². The van der Waals surface area contributed by atoms with Crippen LogP contribution in [-0.4, -0.2) is 32.1 Å². The largest absolute Gasteiger partial charge is 0.403 e. The van der Waals surface area contributed by atoms with Gasteiger partial charge in [0.2, 0.25) is 0 Å². The van der Waals surface area contributed by atoms with Crippen LogP contribution in [0.3, 0.4) is 0 Å². The predicted octanol–water partition coefficient (Wildman–Crippen LogP) is 5.31. The van der Waals surface area contributed by atoms with Crippen LogP contribution in [0.5, 0.6) is 0 Å². The zero-order valence-corrected chi connectivity index (χ0v) is 23.0. The molecule has 3 aliphatic rings. The predicted molar refractivity (Wildman–Crippen MR) is 172 cm³/mol. The Bertz CT molecular complexity index is 1520. The van der Waals surface area contributed by atoms with Crippen LogP contribution in [0.4, 0.5) is 11.4 Å². The number of anilines is 2. The van der Waals surface area contributed by atoms with Gasteiger partial charge in [0.1, 0.15) is 0 Å². The van der Waals surface area contributed by atoms with E-state index in [0.29, 0.717) is 0 Å². The van der Waals surface area contributed by atoms with E-state index in [1.807, 2.05) is 0 Å². The lowest BCUT2D eigenvalue weighted by Crippen LogP contribution is -2.67. The van der Waals surface area contributed by atoms with Crippen molar-refractivity contribution in [3.8, 4) is 22.3 Å². The van der Waals surface area contributed by atoms with E-state index >= 15 is 0 Å².